The summed E-state index contributed by atoms with van der Waals surface area (Å²) in [4.78, 5) is 0. The van der Waals surface area contributed by atoms with Crippen molar-refractivity contribution in [3.63, 3.8) is 0 Å². The average molecular weight is 216 g/mol. The maximum absolute atomic E-state index is 4.15. The predicted molar refractivity (Wildman–Crippen MR) is 67.5 cm³/mol. The highest BCUT2D eigenvalue weighted by atomic mass is 32.1. The molecule has 0 spiro atoms. The van der Waals surface area contributed by atoms with E-state index in [4.69, 9.17) is 0 Å². The number of thiophene rings is 2. The van der Waals surface area contributed by atoms with Gasteiger partial charge < -0.3 is 0 Å². The van der Waals surface area contributed by atoms with E-state index >= 15 is 0 Å². The molecule has 2 heteroatoms. The van der Waals surface area contributed by atoms with Gasteiger partial charge in [0, 0.05) is 20.2 Å². The zero-order chi connectivity index (χ0) is 9.71. The zero-order valence-corrected chi connectivity index (χ0v) is 9.17. The summed E-state index contributed by atoms with van der Waals surface area (Å²) < 4.78 is 2.56. The third kappa shape index (κ3) is 0.873. The minimum Gasteiger partial charge on any atom is -0.143 e. The van der Waals surface area contributed by atoms with E-state index in [1.165, 1.54) is 20.2 Å². The molecule has 2 heterocycles. The Morgan fingerprint density at radius 1 is 0.786 bits per heavy atom. The Kier molecular flexibility index (Phi) is 1.58. The normalized spacial score (nSPS) is 11.4. The second-order valence-corrected chi connectivity index (χ2v) is 5.12. The Hall–Kier alpha value is -1.12. The van der Waals surface area contributed by atoms with Crippen LogP contribution in [0.1, 0.15) is 0 Å². The molecule has 0 aliphatic carbocycles. The summed E-state index contributed by atoms with van der Waals surface area (Å²) in [6, 6.07) is 4.27. The first-order chi connectivity index (χ1) is 6.79. The molecule has 0 radical (unpaired) electrons. The molecule has 0 aliphatic rings. The second kappa shape index (κ2) is 2.69. The summed E-state index contributed by atoms with van der Waals surface area (Å²) in [5.41, 5.74) is 0. The first kappa shape index (κ1) is 8.21. The number of benzene rings is 1. The molecule has 1 aromatic carbocycles. The van der Waals surface area contributed by atoms with Crippen molar-refractivity contribution in [2.75, 3.05) is 0 Å². The zero-order valence-electron chi connectivity index (χ0n) is 7.54. The van der Waals surface area contributed by atoms with Crippen LogP contribution in [0.3, 0.4) is 0 Å². The highest BCUT2D eigenvalue weighted by Crippen LogP contribution is 2.20. The lowest BCUT2D eigenvalue weighted by atomic mass is 10.1. The van der Waals surface area contributed by atoms with Crippen molar-refractivity contribution in [1.29, 1.82) is 0 Å². The van der Waals surface area contributed by atoms with Gasteiger partial charge in [-0.1, -0.05) is 13.2 Å². The standard InChI is InChI=1S/C12H8S2/c1-7-9-3-5-14-12(9)8(2)10-4-6-13-11(7)10/h3-6H,1-2H2. The molecule has 3 rings (SSSR count). The Morgan fingerprint density at radius 3 is 1.64 bits per heavy atom. The lowest BCUT2D eigenvalue weighted by Crippen LogP contribution is -2.07. The van der Waals surface area contributed by atoms with Crippen LogP contribution < -0.4 is 10.4 Å². The topological polar surface area (TPSA) is 0 Å². The van der Waals surface area contributed by atoms with Crippen LogP contribution in [0.25, 0.3) is 33.3 Å². The molecule has 0 fully saturated rings. The monoisotopic (exact) mass is 216 g/mol. The van der Waals surface area contributed by atoms with Crippen LogP contribution in [0.15, 0.2) is 22.9 Å². The van der Waals surface area contributed by atoms with Crippen molar-refractivity contribution < 1.29 is 0 Å². The SMILES string of the molecule is C=c1c2ccsc2c(=C)c2ccsc12. The van der Waals surface area contributed by atoms with Gasteiger partial charge in [-0.3, -0.25) is 0 Å². The molecule has 0 unspecified atom stereocenters. The van der Waals surface area contributed by atoms with Gasteiger partial charge in [0.25, 0.3) is 0 Å². The summed E-state index contributed by atoms with van der Waals surface area (Å²) in [5.74, 6) is 0. The summed E-state index contributed by atoms with van der Waals surface area (Å²) in [5, 5.41) is 9.04. The minimum absolute atomic E-state index is 1.15. The average Bonchev–Trinajstić information content (AvgIpc) is 2.82. The molecule has 0 amide bonds. The highest BCUT2D eigenvalue weighted by Gasteiger charge is 2.04. The van der Waals surface area contributed by atoms with E-state index in [9.17, 15) is 0 Å². The van der Waals surface area contributed by atoms with E-state index in [1.54, 1.807) is 22.7 Å². The molecule has 0 saturated heterocycles. The summed E-state index contributed by atoms with van der Waals surface area (Å²) in [6.07, 6.45) is 0. The molecule has 3 aromatic rings. The van der Waals surface area contributed by atoms with Gasteiger partial charge >= 0.3 is 0 Å². The van der Waals surface area contributed by atoms with Gasteiger partial charge in [-0.15, -0.1) is 22.7 Å². The molecular formula is C12H8S2. The largest absolute Gasteiger partial charge is 0.143 e. The van der Waals surface area contributed by atoms with E-state index in [1.807, 2.05) is 0 Å². The first-order valence-electron chi connectivity index (χ1n) is 4.33. The van der Waals surface area contributed by atoms with Crippen molar-refractivity contribution in [3.8, 4) is 0 Å². The maximum Gasteiger partial charge on any atom is 0.0421 e. The fourth-order valence-corrected chi connectivity index (χ4v) is 3.63. The van der Waals surface area contributed by atoms with Crippen LogP contribution in [0.5, 0.6) is 0 Å². The lowest BCUT2D eigenvalue weighted by Gasteiger charge is -1.95. The first-order valence-corrected chi connectivity index (χ1v) is 6.09. The minimum atomic E-state index is 1.15. The van der Waals surface area contributed by atoms with E-state index in [-0.39, 0.29) is 0 Å². The predicted octanol–water partition coefficient (Wildman–Crippen LogP) is 2.94. The number of rotatable bonds is 0. The third-order valence-electron chi connectivity index (χ3n) is 2.53. The van der Waals surface area contributed by atoms with Crippen molar-refractivity contribution >= 4 is 56.0 Å². The molecule has 68 valence electrons. The summed E-state index contributed by atoms with van der Waals surface area (Å²) in [6.45, 7) is 8.30. The lowest BCUT2D eigenvalue weighted by molar-refractivity contribution is 1.88. The summed E-state index contributed by atoms with van der Waals surface area (Å²) >= 11 is 3.50. The van der Waals surface area contributed by atoms with Crippen LogP contribution in [0, 0.1) is 0 Å². The van der Waals surface area contributed by atoms with Gasteiger partial charge in [-0.2, -0.15) is 0 Å². The molecule has 0 bridgehead atoms. The number of hydrogen-bond acceptors (Lipinski definition) is 2. The van der Waals surface area contributed by atoms with E-state index in [2.05, 4.69) is 36.1 Å². The Labute approximate surface area is 89.4 Å². The molecular weight excluding hydrogens is 208 g/mol. The Morgan fingerprint density at radius 2 is 1.21 bits per heavy atom. The molecule has 2 aromatic heterocycles. The number of fused-ring (bicyclic) bond motifs is 2. The summed E-state index contributed by atoms with van der Waals surface area (Å²) in [7, 11) is 0. The fraction of sp³-hybridized carbons (Fsp3) is 0. The van der Waals surface area contributed by atoms with Gasteiger partial charge in [0.2, 0.25) is 0 Å². The van der Waals surface area contributed by atoms with Crippen molar-refractivity contribution in [1.82, 2.24) is 0 Å². The van der Waals surface area contributed by atoms with E-state index in [0.717, 1.165) is 10.4 Å². The molecule has 0 aliphatic heterocycles. The van der Waals surface area contributed by atoms with E-state index in [0.29, 0.717) is 0 Å². The van der Waals surface area contributed by atoms with Gasteiger partial charge in [0.1, 0.15) is 0 Å². The number of hydrogen-bond donors (Lipinski definition) is 0. The van der Waals surface area contributed by atoms with Gasteiger partial charge in [0.05, 0.1) is 0 Å². The van der Waals surface area contributed by atoms with Crippen LogP contribution >= 0.6 is 22.7 Å². The van der Waals surface area contributed by atoms with Crippen molar-refractivity contribution in [2.45, 2.75) is 0 Å². The molecule has 0 atom stereocenters. The Bertz CT molecular complexity index is 599. The highest BCUT2D eigenvalue weighted by molar-refractivity contribution is 7.18. The second-order valence-electron chi connectivity index (χ2n) is 3.28. The Balaban J connectivity index is 2.88. The maximum atomic E-state index is 4.15. The van der Waals surface area contributed by atoms with Crippen molar-refractivity contribution in [3.05, 3.63) is 33.3 Å². The van der Waals surface area contributed by atoms with Gasteiger partial charge in [-0.05, 0) is 33.3 Å². The molecule has 14 heavy (non-hydrogen) atoms. The van der Waals surface area contributed by atoms with Crippen LogP contribution in [-0.4, -0.2) is 0 Å². The smallest absolute Gasteiger partial charge is 0.0421 e. The van der Waals surface area contributed by atoms with Crippen LogP contribution in [-0.2, 0) is 0 Å². The van der Waals surface area contributed by atoms with Gasteiger partial charge in [0.15, 0.2) is 0 Å². The van der Waals surface area contributed by atoms with Crippen molar-refractivity contribution in [2.24, 2.45) is 0 Å². The quantitative estimate of drug-likeness (QED) is 0.542. The molecule has 0 nitrogen and oxygen atoms in total. The van der Waals surface area contributed by atoms with E-state index < -0.39 is 0 Å². The molecule has 0 N–H and O–H groups in total. The van der Waals surface area contributed by atoms with Gasteiger partial charge in [-0.25, -0.2) is 0 Å². The van der Waals surface area contributed by atoms with Crippen LogP contribution in [0.2, 0.25) is 0 Å². The van der Waals surface area contributed by atoms with Crippen LogP contribution in [0.4, 0.5) is 0 Å². The third-order valence-corrected chi connectivity index (χ3v) is 4.48. The molecule has 0 saturated carbocycles. The fourth-order valence-electron chi connectivity index (χ4n) is 1.81.